The molecule has 4 rings (SSSR count). The molecule has 1 atom stereocenters. The molecule has 132 valence electrons. The van der Waals surface area contributed by atoms with Crippen molar-refractivity contribution in [3.8, 4) is 17.0 Å². The van der Waals surface area contributed by atoms with Crippen LogP contribution in [-0.4, -0.2) is 39.6 Å². The quantitative estimate of drug-likeness (QED) is 0.784. The third kappa shape index (κ3) is 2.94. The Morgan fingerprint density at radius 2 is 2.19 bits per heavy atom. The minimum absolute atomic E-state index is 0.0112. The number of pyridine rings is 1. The summed E-state index contributed by atoms with van der Waals surface area (Å²) in [5, 5.41) is 7.09. The van der Waals surface area contributed by atoms with Crippen molar-refractivity contribution in [2.45, 2.75) is 18.9 Å². The second kappa shape index (κ2) is 7.00. The molecule has 6 nitrogen and oxygen atoms in total. The number of methoxy groups -OCH3 is 1. The number of nitrogens with zero attached hydrogens (tertiary/aromatic N) is 3. The van der Waals surface area contributed by atoms with Crippen LogP contribution in [0.25, 0.3) is 11.3 Å². The van der Waals surface area contributed by atoms with E-state index in [1.165, 1.54) is 0 Å². The molecule has 6 heteroatoms. The molecule has 3 heterocycles. The molecular formula is C20H20N4O2. The fourth-order valence-electron chi connectivity index (χ4n) is 3.53. The summed E-state index contributed by atoms with van der Waals surface area (Å²) in [5.74, 6) is 0.729. The lowest BCUT2D eigenvalue weighted by Gasteiger charge is -2.24. The zero-order valence-electron chi connectivity index (χ0n) is 14.6. The van der Waals surface area contributed by atoms with Crippen LogP contribution in [-0.2, 0) is 0 Å². The number of benzene rings is 1. The highest BCUT2D eigenvalue weighted by Crippen LogP contribution is 2.34. The van der Waals surface area contributed by atoms with E-state index in [1.54, 1.807) is 19.5 Å². The second-order valence-electron chi connectivity index (χ2n) is 6.33. The molecule has 1 fully saturated rings. The minimum atomic E-state index is -0.0112. The lowest BCUT2D eigenvalue weighted by Crippen LogP contribution is -2.30. The van der Waals surface area contributed by atoms with Gasteiger partial charge >= 0.3 is 0 Å². The Balaban J connectivity index is 1.66. The Labute approximate surface area is 151 Å². The number of carbonyl (C=O) groups excluding carboxylic acids is 1. The molecule has 26 heavy (non-hydrogen) atoms. The fraction of sp³-hybridized carbons (Fsp3) is 0.250. The first-order valence-corrected chi connectivity index (χ1v) is 8.66. The van der Waals surface area contributed by atoms with E-state index in [2.05, 4.69) is 15.2 Å². The van der Waals surface area contributed by atoms with Crippen molar-refractivity contribution in [3.05, 3.63) is 66.1 Å². The average Bonchev–Trinajstić information content (AvgIpc) is 3.38. The topological polar surface area (TPSA) is 71.1 Å². The van der Waals surface area contributed by atoms with Crippen molar-refractivity contribution >= 4 is 5.91 Å². The summed E-state index contributed by atoms with van der Waals surface area (Å²) in [7, 11) is 1.63. The Kier molecular flexibility index (Phi) is 4.39. The molecule has 0 saturated carbocycles. The molecule has 0 bridgehead atoms. The normalized spacial score (nSPS) is 16.7. The van der Waals surface area contributed by atoms with Gasteiger partial charge in [0.05, 0.1) is 30.6 Å². The molecule has 1 saturated heterocycles. The van der Waals surface area contributed by atoms with Gasteiger partial charge in [0.2, 0.25) is 0 Å². The van der Waals surface area contributed by atoms with E-state index in [4.69, 9.17) is 4.74 Å². The molecular weight excluding hydrogens is 328 g/mol. The maximum atomic E-state index is 13.3. The molecule has 1 aliphatic heterocycles. The van der Waals surface area contributed by atoms with E-state index in [0.29, 0.717) is 11.3 Å². The summed E-state index contributed by atoms with van der Waals surface area (Å²) < 4.78 is 5.29. The van der Waals surface area contributed by atoms with Crippen molar-refractivity contribution in [1.82, 2.24) is 20.1 Å². The van der Waals surface area contributed by atoms with Gasteiger partial charge in [-0.05, 0) is 36.6 Å². The Morgan fingerprint density at radius 1 is 1.27 bits per heavy atom. The number of rotatable bonds is 4. The molecule has 0 spiro atoms. The highest BCUT2D eigenvalue weighted by molar-refractivity contribution is 6.00. The third-order valence-electron chi connectivity index (χ3n) is 4.81. The van der Waals surface area contributed by atoms with Crippen LogP contribution in [0.3, 0.4) is 0 Å². The van der Waals surface area contributed by atoms with Gasteiger partial charge in [-0.1, -0.05) is 18.2 Å². The highest BCUT2D eigenvalue weighted by Gasteiger charge is 2.32. The number of carbonyl (C=O) groups is 1. The number of H-pyrrole nitrogens is 1. The second-order valence-corrected chi connectivity index (χ2v) is 6.33. The molecule has 0 aliphatic carbocycles. The van der Waals surface area contributed by atoms with E-state index in [1.807, 2.05) is 47.5 Å². The zero-order chi connectivity index (χ0) is 17.9. The van der Waals surface area contributed by atoms with Gasteiger partial charge in [0.15, 0.2) is 0 Å². The summed E-state index contributed by atoms with van der Waals surface area (Å²) in [6.45, 7) is 0.737. The molecule has 3 aromatic rings. The first kappa shape index (κ1) is 16.3. The predicted molar refractivity (Wildman–Crippen MR) is 97.8 cm³/mol. The lowest BCUT2D eigenvalue weighted by atomic mass is 10.0. The number of likely N-dealkylation sites (tertiary alicyclic amines) is 1. The summed E-state index contributed by atoms with van der Waals surface area (Å²) in [4.78, 5) is 19.4. The van der Waals surface area contributed by atoms with Crippen LogP contribution in [0, 0.1) is 0 Å². The van der Waals surface area contributed by atoms with Crippen molar-refractivity contribution in [2.75, 3.05) is 13.7 Å². The first-order valence-electron chi connectivity index (χ1n) is 8.66. The van der Waals surface area contributed by atoms with Crippen molar-refractivity contribution in [3.63, 3.8) is 0 Å². The summed E-state index contributed by atoms with van der Waals surface area (Å²) in [5.41, 5.74) is 3.24. The predicted octanol–water partition coefficient (Wildman–Crippen LogP) is 3.46. The van der Waals surface area contributed by atoms with Gasteiger partial charge in [0, 0.05) is 24.5 Å². The monoisotopic (exact) mass is 348 g/mol. The van der Waals surface area contributed by atoms with Crippen LogP contribution < -0.4 is 4.74 Å². The molecule has 1 amide bonds. The van der Waals surface area contributed by atoms with Gasteiger partial charge in [0.1, 0.15) is 5.75 Å². The zero-order valence-corrected chi connectivity index (χ0v) is 14.6. The number of ether oxygens (including phenoxy) is 1. The molecule has 0 unspecified atom stereocenters. The Bertz CT molecular complexity index is 907. The van der Waals surface area contributed by atoms with Crippen LogP contribution in [0.2, 0.25) is 0 Å². The van der Waals surface area contributed by atoms with E-state index >= 15 is 0 Å². The summed E-state index contributed by atoms with van der Waals surface area (Å²) in [6.07, 6.45) is 7.13. The lowest BCUT2D eigenvalue weighted by molar-refractivity contribution is 0.0736. The van der Waals surface area contributed by atoms with Gasteiger partial charge in [-0.25, -0.2) is 0 Å². The van der Waals surface area contributed by atoms with Crippen LogP contribution in [0.1, 0.15) is 34.8 Å². The number of aromatic amines is 1. The molecule has 2 aromatic heterocycles. The largest absolute Gasteiger partial charge is 0.497 e. The van der Waals surface area contributed by atoms with Crippen LogP contribution >= 0.6 is 0 Å². The van der Waals surface area contributed by atoms with Gasteiger partial charge in [-0.3, -0.25) is 14.9 Å². The van der Waals surface area contributed by atoms with Crippen LogP contribution in [0.4, 0.5) is 0 Å². The van der Waals surface area contributed by atoms with E-state index in [9.17, 15) is 4.79 Å². The molecule has 1 aliphatic rings. The fourth-order valence-corrected chi connectivity index (χ4v) is 3.53. The van der Waals surface area contributed by atoms with Gasteiger partial charge in [0.25, 0.3) is 5.91 Å². The van der Waals surface area contributed by atoms with Crippen LogP contribution in [0.15, 0.2) is 55.0 Å². The third-order valence-corrected chi connectivity index (χ3v) is 4.81. The molecule has 1 aromatic carbocycles. The molecule has 0 radical (unpaired) electrons. The molecule has 1 N–H and O–H groups in total. The van der Waals surface area contributed by atoms with Crippen LogP contribution in [0.5, 0.6) is 5.75 Å². The summed E-state index contributed by atoms with van der Waals surface area (Å²) in [6, 6.07) is 11.6. The first-order chi connectivity index (χ1) is 12.8. The maximum absolute atomic E-state index is 13.3. The van der Waals surface area contributed by atoms with E-state index < -0.39 is 0 Å². The Hall–Kier alpha value is -3.15. The maximum Gasteiger partial charge on any atom is 0.258 e. The van der Waals surface area contributed by atoms with E-state index in [0.717, 1.165) is 36.3 Å². The minimum Gasteiger partial charge on any atom is -0.497 e. The number of aromatic nitrogens is 3. The van der Waals surface area contributed by atoms with Gasteiger partial charge in [-0.15, -0.1) is 0 Å². The number of hydrogen-bond donors (Lipinski definition) is 1. The van der Waals surface area contributed by atoms with E-state index in [-0.39, 0.29) is 11.9 Å². The summed E-state index contributed by atoms with van der Waals surface area (Å²) >= 11 is 0. The van der Waals surface area contributed by atoms with Crippen molar-refractivity contribution in [1.29, 1.82) is 0 Å². The Morgan fingerprint density at radius 3 is 3.00 bits per heavy atom. The number of amides is 1. The smallest absolute Gasteiger partial charge is 0.258 e. The van der Waals surface area contributed by atoms with Crippen molar-refractivity contribution < 1.29 is 9.53 Å². The van der Waals surface area contributed by atoms with Gasteiger partial charge < -0.3 is 9.64 Å². The standard InChI is InChI=1S/C20H20N4O2/c1-26-16-7-2-5-14(11-16)19-17(13-22-23-19)20(25)24-10-4-8-18(24)15-6-3-9-21-12-15/h2-3,5-7,9,11-13,18H,4,8,10H2,1H3,(H,22,23)/t18-/m0/s1. The van der Waals surface area contributed by atoms with Gasteiger partial charge in [-0.2, -0.15) is 5.10 Å². The number of hydrogen-bond acceptors (Lipinski definition) is 4. The van der Waals surface area contributed by atoms with Crippen molar-refractivity contribution in [2.24, 2.45) is 0 Å². The SMILES string of the molecule is COc1cccc(-c2[nH]ncc2C(=O)N2CCC[C@H]2c2cccnc2)c1. The average molecular weight is 348 g/mol. The number of nitrogens with one attached hydrogen (secondary N) is 1. The highest BCUT2D eigenvalue weighted by atomic mass is 16.5.